The van der Waals surface area contributed by atoms with Gasteiger partial charge in [-0.3, -0.25) is 9.59 Å². The first-order valence-electron chi connectivity index (χ1n) is 9.06. The molecule has 0 spiro atoms. The highest BCUT2D eigenvalue weighted by Crippen LogP contribution is 2.45. The first kappa shape index (κ1) is 18.9. The number of rotatable bonds is 3. The number of hydrogen-bond acceptors (Lipinski definition) is 4. The average molecular weight is 402 g/mol. The monoisotopic (exact) mass is 401 g/mol. The number of halogens is 1. The fourth-order valence-electron chi connectivity index (χ4n) is 4.28. The highest BCUT2D eigenvalue weighted by Gasteiger charge is 2.49. The molecule has 2 heterocycles. The first-order valence-corrected chi connectivity index (χ1v) is 9.44. The lowest BCUT2D eigenvalue weighted by molar-refractivity contribution is -0.141. The summed E-state index contributed by atoms with van der Waals surface area (Å²) in [5, 5.41) is 21.1. The van der Waals surface area contributed by atoms with E-state index in [0.717, 1.165) is 5.56 Å². The largest absolute Gasteiger partial charge is 0.481 e. The van der Waals surface area contributed by atoms with E-state index in [-0.39, 0.29) is 19.1 Å². The van der Waals surface area contributed by atoms with E-state index in [1.165, 1.54) is 4.90 Å². The third kappa shape index (κ3) is 2.98. The van der Waals surface area contributed by atoms with E-state index >= 15 is 0 Å². The molecule has 4 rings (SSSR count). The summed E-state index contributed by atoms with van der Waals surface area (Å²) in [6.45, 7) is 2.11. The number of aliphatic carboxylic acids is 1. The number of aliphatic hydroxyl groups excluding tert-OH is 1. The van der Waals surface area contributed by atoms with Gasteiger partial charge in [-0.1, -0.05) is 35.9 Å². The average Bonchev–Trinajstić information content (AvgIpc) is 3.07. The summed E-state index contributed by atoms with van der Waals surface area (Å²) >= 11 is 6.09. The Kier molecular flexibility index (Phi) is 4.87. The van der Waals surface area contributed by atoms with Gasteiger partial charge in [-0.2, -0.15) is 0 Å². The van der Waals surface area contributed by atoms with Crippen LogP contribution in [0.4, 0.5) is 0 Å². The van der Waals surface area contributed by atoms with Crippen LogP contribution in [-0.2, 0) is 9.53 Å². The number of aryl methyl sites for hydroxylation is 1. The van der Waals surface area contributed by atoms with E-state index in [1.807, 2.05) is 6.92 Å². The minimum atomic E-state index is -1.03. The van der Waals surface area contributed by atoms with Crippen LogP contribution in [0.1, 0.15) is 39.0 Å². The molecule has 7 heteroatoms. The molecule has 2 aromatic carbocycles. The number of carboxylic acids is 1. The smallest absolute Gasteiger partial charge is 0.313 e. The lowest BCUT2D eigenvalue weighted by atomic mass is 9.78. The topological polar surface area (TPSA) is 87.1 Å². The fourth-order valence-corrected chi connectivity index (χ4v) is 4.51. The van der Waals surface area contributed by atoms with Gasteiger partial charge in [-0.25, -0.2) is 0 Å². The van der Waals surface area contributed by atoms with Crippen LogP contribution >= 0.6 is 11.6 Å². The summed E-state index contributed by atoms with van der Waals surface area (Å²) < 4.78 is 5.38. The molecular formula is C21H20ClNO5. The SMILES string of the molecule is Cc1cc(Cl)ccc1C1C(C(=O)O)c2ccccc2C(=O)N1C1COCC1O. The zero-order valence-electron chi connectivity index (χ0n) is 15.2. The number of aliphatic hydroxyl groups is 1. The van der Waals surface area contributed by atoms with Crippen molar-refractivity contribution in [3.63, 3.8) is 0 Å². The second-order valence-corrected chi connectivity index (χ2v) is 7.67. The van der Waals surface area contributed by atoms with E-state index in [9.17, 15) is 19.8 Å². The minimum absolute atomic E-state index is 0.111. The number of amides is 1. The van der Waals surface area contributed by atoms with Gasteiger partial charge in [0.15, 0.2) is 0 Å². The van der Waals surface area contributed by atoms with Crippen molar-refractivity contribution in [2.75, 3.05) is 13.2 Å². The van der Waals surface area contributed by atoms with E-state index < -0.39 is 30.1 Å². The Bertz CT molecular complexity index is 946. The quantitative estimate of drug-likeness (QED) is 0.825. The van der Waals surface area contributed by atoms with Crippen LogP contribution in [0.3, 0.4) is 0 Å². The predicted molar refractivity (Wildman–Crippen MR) is 103 cm³/mol. The van der Waals surface area contributed by atoms with Gasteiger partial charge in [-0.15, -0.1) is 0 Å². The molecule has 0 aliphatic carbocycles. The lowest BCUT2D eigenvalue weighted by Gasteiger charge is -2.44. The first-order chi connectivity index (χ1) is 13.4. The summed E-state index contributed by atoms with van der Waals surface area (Å²) in [7, 11) is 0. The van der Waals surface area contributed by atoms with Crippen molar-refractivity contribution < 1.29 is 24.5 Å². The van der Waals surface area contributed by atoms with Gasteiger partial charge in [-0.05, 0) is 41.8 Å². The maximum absolute atomic E-state index is 13.4. The molecule has 6 nitrogen and oxygen atoms in total. The molecule has 0 radical (unpaired) electrons. The molecule has 1 amide bonds. The molecule has 0 saturated carbocycles. The van der Waals surface area contributed by atoms with Crippen LogP contribution in [0, 0.1) is 6.92 Å². The molecule has 28 heavy (non-hydrogen) atoms. The molecule has 1 fully saturated rings. The van der Waals surface area contributed by atoms with Crippen LogP contribution < -0.4 is 0 Å². The summed E-state index contributed by atoms with van der Waals surface area (Å²) in [4.78, 5) is 27.3. The van der Waals surface area contributed by atoms with E-state index in [0.29, 0.717) is 21.7 Å². The molecular weight excluding hydrogens is 382 g/mol. The molecule has 2 aromatic rings. The van der Waals surface area contributed by atoms with Gasteiger partial charge in [0.25, 0.3) is 5.91 Å². The summed E-state index contributed by atoms with van der Waals surface area (Å²) in [5.41, 5.74) is 2.30. The van der Waals surface area contributed by atoms with Crippen LogP contribution in [0.2, 0.25) is 5.02 Å². The highest BCUT2D eigenvalue weighted by atomic mass is 35.5. The maximum atomic E-state index is 13.4. The molecule has 2 aliphatic rings. The van der Waals surface area contributed by atoms with Crippen LogP contribution in [0.5, 0.6) is 0 Å². The Morgan fingerprint density at radius 2 is 1.93 bits per heavy atom. The zero-order chi connectivity index (χ0) is 20.0. The molecule has 2 aliphatic heterocycles. The second kappa shape index (κ2) is 7.20. The number of ether oxygens (including phenoxy) is 1. The number of benzene rings is 2. The molecule has 1 saturated heterocycles. The van der Waals surface area contributed by atoms with Gasteiger partial charge >= 0.3 is 5.97 Å². The minimum Gasteiger partial charge on any atom is -0.481 e. The van der Waals surface area contributed by atoms with Crippen molar-refractivity contribution >= 4 is 23.5 Å². The van der Waals surface area contributed by atoms with Crippen molar-refractivity contribution in [2.24, 2.45) is 0 Å². The fraction of sp³-hybridized carbons (Fsp3) is 0.333. The normalized spacial score (nSPS) is 27.0. The third-order valence-corrected chi connectivity index (χ3v) is 5.81. The van der Waals surface area contributed by atoms with E-state index in [1.54, 1.807) is 42.5 Å². The Hall–Kier alpha value is -2.41. The summed E-state index contributed by atoms with van der Waals surface area (Å²) in [6.07, 6.45) is -0.876. The summed E-state index contributed by atoms with van der Waals surface area (Å²) in [6, 6.07) is 10.6. The second-order valence-electron chi connectivity index (χ2n) is 7.23. The number of hydrogen-bond donors (Lipinski definition) is 2. The summed E-state index contributed by atoms with van der Waals surface area (Å²) in [5.74, 6) is -2.30. The van der Waals surface area contributed by atoms with Crippen molar-refractivity contribution in [1.82, 2.24) is 4.90 Å². The van der Waals surface area contributed by atoms with Crippen LogP contribution in [-0.4, -0.2) is 52.3 Å². The van der Waals surface area contributed by atoms with Crippen molar-refractivity contribution in [2.45, 2.75) is 31.0 Å². The molecule has 0 aromatic heterocycles. The third-order valence-electron chi connectivity index (χ3n) is 5.57. The Morgan fingerprint density at radius 3 is 2.57 bits per heavy atom. The van der Waals surface area contributed by atoms with Crippen LogP contribution in [0.25, 0.3) is 0 Å². The lowest BCUT2D eigenvalue weighted by Crippen LogP contribution is -2.53. The molecule has 0 bridgehead atoms. The maximum Gasteiger partial charge on any atom is 0.313 e. The number of carbonyl (C=O) groups excluding carboxylic acids is 1. The number of fused-ring (bicyclic) bond motifs is 1. The Morgan fingerprint density at radius 1 is 1.18 bits per heavy atom. The van der Waals surface area contributed by atoms with E-state index in [2.05, 4.69) is 0 Å². The van der Waals surface area contributed by atoms with Gasteiger partial charge < -0.3 is 19.8 Å². The van der Waals surface area contributed by atoms with Gasteiger partial charge in [0.1, 0.15) is 5.92 Å². The molecule has 2 N–H and O–H groups in total. The van der Waals surface area contributed by atoms with Crippen molar-refractivity contribution in [3.8, 4) is 0 Å². The predicted octanol–water partition coefficient (Wildman–Crippen LogP) is 2.77. The zero-order valence-corrected chi connectivity index (χ0v) is 16.0. The highest BCUT2D eigenvalue weighted by molar-refractivity contribution is 6.30. The molecule has 146 valence electrons. The van der Waals surface area contributed by atoms with Crippen molar-refractivity contribution in [1.29, 1.82) is 0 Å². The Balaban J connectivity index is 1.96. The van der Waals surface area contributed by atoms with Crippen LogP contribution in [0.15, 0.2) is 42.5 Å². The molecule has 4 atom stereocenters. The van der Waals surface area contributed by atoms with E-state index in [4.69, 9.17) is 16.3 Å². The number of nitrogens with zero attached hydrogens (tertiary/aromatic N) is 1. The molecule has 4 unspecified atom stereocenters. The van der Waals surface area contributed by atoms with Gasteiger partial charge in [0.05, 0.1) is 31.4 Å². The van der Waals surface area contributed by atoms with Gasteiger partial charge in [0, 0.05) is 10.6 Å². The Labute approximate surface area is 167 Å². The standard InChI is InChI=1S/C21H20ClNO5/c1-11-8-12(22)6-7-13(11)19-18(21(26)27)14-4-2-3-5-15(14)20(25)23(19)16-9-28-10-17(16)24/h2-8,16-19,24H,9-10H2,1H3,(H,26,27). The number of carbonyl (C=O) groups is 2. The number of carboxylic acid groups (broad SMARTS) is 1. The van der Waals surface area contributed by atoms with Crippen molar-refractivity contribution in [3.05, 3.63) is 69.7 Å². The van der Waals surface area contributed by atoms with Gasteiger partial charge in [0.2, 0.25) is 0 Å².